The van der Waals surface area contributed by atoms with E-state index in [1.54, 1.807) is 13.1 Å². The summed E-state index contributed by atoms with van der Waals surface area (Å²) in [5.74, 6) is -0.0621. The molecule has 0 radical (unpaired) electrons. The van der Waals surface area contributed by atoms with Gasteiger partial charge in [0, 0.05) is 25.6 Å². The van der Waals surface area contributed by atoms with Gasteiger partial charge >= 0.3 is 0 Å². The zero-order valence-corrected chi connectivity index (χ0v) is 21.3. The number of carbonyl (C=O) groups is 3. The number of rotatable bonds is 4. The minimum Gasteiger partial charge on any atom is -0.491 e. The van der Waals surface area contributed by atoms with E-state index < -0.39 is 6.04 Å². The first-order valence-electron chi connectivity index (χ1n) is 12.6. The lowest BCUT2D eigenvalue weighted by atomic mass is 10.0. The zero-order valence-electron chi connectivity index (χ0n) is 21.3. The normalized spacial score (nSPS) is 18.5. The Kier molecular flexibility index (Phi) is 8.56. The molecule has 7 nitrogen and oxygen atoms in total. The molecule has 0 aliphatic carbocycles. The summed E-state index contributed by atoms with van der Waals surface area (Å²) in [6, 6.07) is 23.8. The van der Waals surface area contributed by atoms with Crippen molar-refractivity contribution in [3.05, 3.63) is 90.0 Å². The number of benzene rings is 3. The van der Waals surface area contributed by atoms with E-state index in [9.17, 15) is 14.4 Å². The summed E-state index contributed by atoms with van der Waals surface area (Å²) in [5, 5.41) is 5.88. The third-order valence-corrected chi connectivity index (χ3v) is 6.48. The van der Waals surface area contributed by atoms with Gasteiger partial charge in [-0.2, -0.15) is 0 Å². The topological polar surface area (TPSA) is 87.7 Å². The Morgan fingerprint density at radius 2 is 1.68 bits per heavy atom. The molecule has 0 saturated heterocycles. The van der Waals surface area contributed by atoms with E-state index in [1.165, 1.54) is 4.90 Å². The average molecular weight is 500 g/mol. The van der Waals surface area contributed by atoms with E-state index in [0.717, 1.165) is 16.7 Å². The minimum absolute atomic E-state index is 0.105. The molecular formula is C30H33N3O4. The highest BCUT2D eigenvalue weighted by Crippen LogP contribution is 2.26. The summed E-state index contributed by atoms with van der Waals surface area (Å²) >= 11 is 0. The van der Waals surface area contributed by atoms with Crippen LogP contribution in [0, 0.1) is 0 Å². The Hall–Kier alpha value is -4.13. The molecule has 3 aromatic rings. The monoisotopic (exact) mass is 499 g/mol. The number of ether oxygens (including phenoxy) is 1. The third kappa shape index (κ3) is 6.97. The molecule has 2 N–H and O–H groups in total. The Balaban J connectivity index is 1.58. The van der Waals surface area contributed by atoms with Crippen molar-refractivity contribution in [3.8, 4) is 16.9 Å². The number of fused-ring (bicyclic) bond motifs is 5. The first kappa shape index (κ1) is 25.9. The second-order valence-corrected chi connectivity index (χ2v) is 9.39. The molecule has 2 atom stereocenters. The van der Waals surface area contributed by atoms with Crippen LogP contribution in [0.15, 0.2) is 78.9 Å². The number of nitrogens with zero attached hydrogens (tertiary/aromatic N) is 1. The van der Waals surface area contributed by atoms with Crippen molar-refractivity contribution >= 4 is 17.7 Å². The average Bonchev–Trinajstić information content (AvgIpc) is 2.92. The Morgan fingerprint density at radius 1 is 0.973 bits per heavy atom. The van der Waals surface area contributed by atoms with E-state index in [-0.39, 0.29) is 36.6 Å². The molecule has 0 unspecified atom stereocenters. The van der Waals surface area contributed by atoms with Crippen LogP contribution in [0.2, 0.25) is 0 Å². The predicted molar refractivity (Wildman–Crippen MR) is 143 cm³/mol. The van der Waals surface area contributed by atoms with Crippen molar-refractivity contribution in [2.45, 2.75) is 38.3 Å². The van der Waals surface area contributed by atoms with Crippen molar-refractivity contribution in [2.75, 3.05) is 20.2 Å². The summed E-state index contributed by atoms with van der Waals surface area (Å²) in [6.07, 6.45) is 0.988. The molecule has 1 heterocycles. The fourth-order valence-corrected chi connectivity index (χ4v) is 4.41. The van der Waals surface area contributed by atoms with Gasteiger partial charge in [0.1, 0.15) is 18.4 Å². The SMILES string of the molecule is C[C@H]1COc2cccc(c2)-c2cccc(c2)C(=O)N(C)[C@H](C(=O)NCCc2ccccc2)CCC(=O)N1. The maximum atomic E-state index is 13.5. The van der Waals surface area contributed by atoms with Crippen LogP contribution in [-0.2, 0) is 16.0 Å². The summed E-state index contributed by atoms with van der Waals surface area (Å²) in [5.41, 5.74) is 3.37. The van der Waals surface area contributed by atoms with Gasteiger partial charge in [0.15, 0.2) is 0 Å². The van der Waals surface area contributed by atoms with Crippen LogP contribution >= 0.6 is 0 Å². The maximum absolute atomic E-state index is 13.5. The highest BCUT2D eigenvalue weighted by Gasteiger charge is 2.28. The molecule has 1 aliphatic heterocycles. The maximum Gasteiger partial charge on any atom is 0.254 e. The van der Waals surface area contributed by atoms with E-state index in [1.807, 2.05) is 79.7 Å². The third-order valence-electron chi connectivity index (χ3n) is 6.48. The summed E-state index contributed by atoms with van der Waals surface area (Å²) in [4.78, 5) is 40.8. The second-order valence-electron chi connectivity index (χ2n) is 9.39. The molecule has 0 fully saturated rings. The Bertz CT molecular complexity index is 1240. The standard InChI is InChI=1S/C30H33N3O4/c1-21-20-37-26-13-7-11-24(19-26)23-10-6-12-25(18-23)30(36)33(2)27(14-15-28(34)32-21)29(35)31-17-16-22-8-4-3-5-9-22/h3-13,18-19,21,27H,14-17,20H2,1-2H3,(H,31,35)(H,32,34)/t21-,27-/m0/s1. The van der Waals surface area contributed by atoms with Crippen LogP contribution in [0.1, 0.15) is 35.7 Å². The van der Waals surface area contributed by atoms with E-state index in [0.29, 0.717) is 30.9 Å². The van der Waals surface area contributed by atoms with Gasteiger partial charge in [-0.1, -0.05) is 54.6 Å². The quantitative estimate of drug-likeness (QED) is 0.571. The van der Waals surface area contributed by atoms with Crippen LogP contribution in [0.25, 0.3) is 11.1 Å². The number of hydrogen-bond donors (Lipinski definition) is 2. The van der Waals surface area contributed by atoms with Gasteiger partial charge in [0.05, 0.1) is 6.04 Å². The molecule has 3 amide bonds. The van der Waals surface area contributed by atoms with Crippen molar-refractivity contribution in [1.82, 2.24) is 15.5 Å². The molecule has 0 saturated carbocycles. The number of amides is 3. The van der Waals surface area contributed by atoms with Crippen molar-refractivity contribution < 1.29 is 19.1 Å². The fraction of sp³-hybridized carbons (Fsp3) is 0.300. The number of carbonyl (C=O) groups excluding carboxylic acids is 3. The van der Waals surface area contributed by atoms with Gasteiger partial charge in [-0.3, -0.25) is 14.4 Å². The van der Waals surface area contributed by atoms with Gasteiger partial charge in [-0.25, -0.2) is 0 Å². The van der Waals surface area contributed by atoms with Gasteiger partial charge < -0.3 is 20.3 Å². The van der Waals surface area contributed by atoms with E-state index in [4.69, 9.17) is 4.74 Å². The van der Waals surface area contributed by atoms with E-state index in [2.05, 4.69) is 10.6 Å². The van der Waals surface area contributed by atoms with Crippen LogP contribution in [0.4, 0.5) is 0 Å². The first-order valence-corrected chi connectivity index (χ1v) is 12.6. The molecule has 192 valence electrons. The van der Waals surface area contributed by atoms with Gasteiger partial charge in [0.25, 0.3) is 5.91 Å². The lowest BCUT2D eigenvalue weighted by Gasteiger charge is -2.28. The lowest BCUT2D eigenvalue weighted by Crippen LogP contribution is -2.49. The van der Waals surface area contributed by atoms with Crippen LogP contribution in [0.5, 0.6) is 5.75 Å². The summed E-state index contributed by atoms with van der Waals surface area (Å²) in [7, 11) is 1.62. The Morgan fingerprint density at radius 3 is 2.46 bits per heavy atom. The van der Waals surface area contributed by atoms with Crippen LogP contribution in [0.3, 0.4) is 0 Å². The molecule has 0 spiro atoms. The highest BCUT2D eigenvalue weighted by molar-refractivity contribution is 5.98. The van der Waals surface area contributed by atoms with Crippen molar-refractivity contribution in [2.24, 2.45) is 0 Å². The largest absolute Gasteiger partial charge is 0.491 e. The summed E-state index contributed by atoms with van der Waals surface area (Å²) in [6.45, 7) is 2.63. The highest BCUT2D eigenvalue weighted by atomic mass is 16.5. The first-order chi connectivity index (χ1) is 17.9. The number of hydrogen-bond acceptors (Lipinski definition) is 4. The molecular weight excluding hydrogens is 466 g/mol. The lowest BCUT2D eigenvalue weighted by molar-refractivity contribution is -0.126. The molecule has 0 aromatic heterocycles. The van der Waals surface area contributed by atoms with Gasteiger partial charge in [0.2, 0.25) is 11.8 Å². The van der Waals surface area contributed by atoms with Crippen LogP contribution in [-0.4, -0.2) is 54.9 Å². The number of nitrogens with one attached hydrogen (secondary N) is 2. The Labute approximate surface area is 217 Å². The smallest absolute Gasteiger partial charge is 0.254 e. The second kappa shape index (κ2) is 12.2. The molecule has 7 heteroatoms. The molecule has 1 aliphatic rings. The van der Waals surface area contributed by atoms with Crippen LogP contribution < -0.4 is 15.4 Å². The van der Waals surface area contributed by atoms with Crippen molar-refractivity contribution in [3.63, 3.8) is 0 Å². The van der Waals surface area contributed by atoms with E-state index >= 15 is 0 Å². The molecule has 37 heavy (non-hydrogen) atoms. The minimum atomic E-state index is -0.791. The van der Waals surface area contributed by atoms with Gasteiger partial charge in [-0.15, -0.1) is 0 Å². The predicted octanol–water partition coefficient (Wildman–Crippen LogP) is 3.83. The summed E-state index contributed by atoms with van der Waals surface area (Å²) < 4.78 is 5.90. The fourth-order valence-electron chi connectivity index (χ4n) is 4.41. The number of likely N-dealkylation sites (N-methyl/N-ethyl adjacent to an activating group) is 1. The molecule has 3 aromatic carbocycles. The molecule has 4 bridgehead atoms. The molecule has 4 rings (SSSR count). The zero-order chi connectivity index (χ0) is 26.2. The van der Waals surface area contributed by atoms with Gasteiger partial charge in [-0.05, 0) is 60.7 Å². The van der Waals surface area contributed by atoms with Crippen molar-refractivity contribution in [1.29, 1.82) is 0 Å².